The SMILES string of the molecule is CCOC(=O)c1cc(N)cc(Cl)c1Nc1ccc(Br)cc1. The number of anilines is 3. The van der Waals surface area contributed by atoms with E-state index < -0.39 is 5.97 Å². The molecule has 0 spiro atoms. The summed E-state index contributed by atoms with van der Waals surface area (Å²) in [5, 5.41) is 3.49. The molecule has 3 N–H and O–H groups in total. The van der Waals surface area contributed by atoms with Crippen LogP contribution in [0.25, 0.3) is 0 Å². The predicted octanol–water partition coefficient (Wildman–Crippen LogP) is 4.61. The monoisotopic (exact) mass is 368 g/mol. The lowest BCUT2D eigenvalue weighted by atomic mass is 10.1. The summed E-state index contributed by atoms with van der Waals surface area (Å²) in [6, 6.07) is 10.6. The first-order valence-corrected chi connectivity index (χ1v) is 7.47. The van der Waals surface area contributed by atoms with E-state index >= 15 is 0 Å². The van der Waals surface area contributed by atoms with Crippen LogP contribution in [0.15, 0.2) is 40.9 Å². The van der Waals surface area contributed by atoms with Crippen LogP contribution < -0.4 is 11.1 Å². The molecule has 4 nitrogen and oxygen atoms in total. The highest BCUT2D eigenvalue weighted by Gasteiger charge is 2.17. The second-order valence-corrected chi connectivity index (χ2v) is 5.60. The molecule has 0 bridgehead atoms. The molecule has 0 aliphatic rings. The summed E-state index contributed by atoms with van der Waals surface area (Å²) in [5.41, 5.74) is 7.75. The Bertz CT molecular complexity index is 659. The number of halogens is 2. The number of hydrogen-bond acceptors (Lipinski definition) is 4. The first-order valence-electron chi connectivity index (χ1n) is 6.30. The predicted molar refractivity (Wildman–Crippen MR) is 89.2 cm³/mol. The van der Waals surface area contributed by atoms with Crippen molar-refractivity contribution in [2.24, 2.45) is 0 Å². The second-order valence-electron chi connectivity index (χ2n) is 4.28. The molecule has 110 valence electrons. The quantitative estimate of drug-likeness (QED) is 0.610. The average molecular weight is 370 g/mol. The molecule has 0 aliphatic heterocycles. The molecule has 0 radical (unpaired) electrons. The summed E-state index contributed by atoms with van der Waals surface area (Å²) in [5.74, 6) is -0.466. The van der Waals surface area contributed by atoms with Gasteiger partial charge in [0.15, 0.2) is 0 Å². The van der Waals surface area contributed by atoms with Crippen molar-refractivity contribution in [1.29, 1.82) is 0 Å². The van der Waals surface area contributed by atoms with Crippen molar-refractivity contribution in [3.8, 4) is 0 Å². The highest BCUT2D eigenvalue weighted by Crippen LogP contribution is 2.32. The Labute approximate surface area is 136 Å². The number of carbonyl (C=O) groups is 1. The van der Waals surface area contributed by atoms with Crippen molar-refractivity contribution in [2.45, 2.75) is 6.92 Å². The molecule has 2 aromatic rings. The molecular weight excluding hydrogens is 356 g/mol. The minimum atomic E-state index is -0.466. The maximum Gasteiger partial charge on any atom is 0.340 e. The Kier molecular flexibility index (Phi) is 5.09. The largest absolute Gasteiger partial charge is 0.462 e. The standard InChI is InChI=1S/C15H14BrClN2O2/c1-2-21-15(20)12-7-10(18)8-13(17)14(12)19-11-5-3-9(16)4-6-11/h3-8,19H,2,18H2,1H3. The van der Waals surface area contributed by atoms with E-state index in [-0.39, 0.29) is 6.61 Å². The lowest BCUT2D eigenvalue weighted by Gasteiger charge is -2.14. The van der Waals surface area contributed by atoms with Crippen LogP contribution in [-0.2, 0) is 4.74 Å². The van der Waals surface area contributed by atoms with Crippen molar-refractivity contribution in [3.05, 3.63) is 51.5 Å². The van der Waals surface area contributed by atoms with E-state index in [1.54, 1.807) is 19.1 Å². The fourth-order valence-electron chi connectivity index (χ4n) is 1.80. The summed E-state index contributed by atoms with van der Waals surface area (Å²) < 4.78 is 6.00. The van der Waals surface area contributed by atoms with Crippen molar-refractivity contribution in [2.75, 3.05) is 17.7 Å². The van der Waals surface area contributed by atoms with Gasteiger partial charge in [-0.25, -0.2) is 4.79 Å². The third-order valence-electron chi connectivity index (χ3n) is 2.72. The molecule has 0 saturated carbocycles. The van der Waals surface area contributed by atoms with Crippen molar-refractivity contribution < 1.29 is 9.53 Å². The van der Waals surface area contributed by atoms with Gasteiger partial charge < -0.3 is 15.8 Å². The summed E-state index contributed by atoms with van der Waals surface area (Å²) in [6.07, 6.45) is 0. The molecule has 0 unspecified atom stereocenters. The van der Waals surface area contributed by atoms with Crippen LogP contribution in [0.1, 0.15) is 17.3 Å². The molecule has 0 atom stereocenters. The first-order chi connectivity index (χ1) is 10.0. The average Bonchev–Trinajstić information content (AvgIpc) is 2.44. The number of hydrogen-bond donors (Lipinski definition) is 2. The van der Waals surface area contributed by atoms with Gasteiger partial charge in [-0.15, -0.1) is 0 Å². The summed E-state index contributed by atoms with van der Waals surface area (Å²) >= 11 is 9.57. The maximum absolute atomic E-state index is 12.0. The minimum absolute atomic E-state index is 0.281. The molecule has 2 aromatic carbocycles. The Balaban J connectivity index is 2.41. The van der Waals surface area contributed by atoms with E-state index in [0.717, 1.165) is 10.2 Å². The summed E-state index contributed by atoms with van der Waals surface area (Å²) in [4.78, 5) is 12.0. The molecule has 0 amide bonds. The van der Waals surface area contributed by atoms with Crippen LogP contribution in [0.5, 0.6) is 0 Å². The number of rotatable bonds is 4. The Morgan fingerprint density at radius 1 is 1.33 bits per heavy atom. The Morgan fingerprint density at radius 2 is 2.00 bits per heavy atom. The fraction of sp³-hybridized carbons (Fsp3) is 0.133. The highest BCUT2D eigenvalue weighted by atomic mass is 79.9. The van der Waals surface area contributed by atoms with E-state index in [9.17, 15) is 4.79 Å². The molecule has 0 heterocycles. The van der Waals surface area contributed by atoms with Crippen LogP contribution in [0.4, 0.5) is 17.1 Å². The molecule has 0 fully saturated rings. The normalized spacial score (nSPS) is 10.2. The van der Waals surface area contributed by atoms with Gasteiger partial charge in [0.1, 0.15) is 0 Å². The van der Waals surface area contributed by atoms with E-state index in [4.69, 9.17) is 22.1 Å². The fourth-order valence-corrected chi connectivity index (χ4v) is 2.34. The second kappa shape index (κ2) is 6.83. The van der Waals surface area contributed by atoms with Gasteiger partial charge in [0.25, 0.3) is 0 Å². The zero-order valence-electron chi connectivity index (χ0n) is 11.3. The van der Waals surface area contributed by atoms with Gasteiger partial charge in [-0.05, 0) is 43.3 Å². The number of nitrogens with one attached hydrogen (secondary N) is 1. The lowest BCUT2D eigenvalue weighted by molar-refractivity contribution is 0.0527. The zero-order valence-corrected chi connectivity index (χ0v) is 13.7. The van der Waals surface area contributed by atoms with E-state index in [2.05, 4.69) is 21.2 Å². The van der Waals surface area contributed by atoms with Gasteiger partial charge in [0.05, 0.1) is 22.9 Å². The third-order valence-corrected chi connectivity index (χ3v) is 3.55. The van der Waals surface area contributed by atoms with Gasteiger partial charge in [-0.3, -0.25) is 0 Å². The van der Waals surface area contributed by atoms with Crippen molar-refractivity contribution >= 4 is 50.6 Å². The van der Waals surface area contributed by atoms with Gasteiger partial charge in [0.2, 0.25) is 0 Å². The topological polar surface area (TPSA) is 64.3 Å². The summed E-state index contributed by atoms with van der Waals surface area (Å²) in [6.45, 7) is 2.02. The van der Waals surface area contributed by atoms with Crippen molar-refractivity contribution in [3.63, 3.8) is 0 Å². The number of benzene rings is 2. The van der Waals surface area contributed by atoms with E-state index in [1.165, 1.54) is 0 Å². The Hall–Kier alpha value is -1.72. The number of ether oxygens (including phenoxy) is 1. The number of esters is 1. The number of nitrogens with two attached hydrogens (primary N) is 1. The van der Waals surface area contributed by atoms with E-state index in [1.807, 2.05) is 24.3 Å². The number of carbonyl (C=O) groups excluding carboxylic acids is 1. The molecule has 6 heteroatoms. The Morgan fingerprint density at radius 3 is 2.62 bits per heavy atom. The van der Waals surface area contributed by atoms with Crippen LogP contribution >= 0.6 is 27.5 Å². The van der Waals surface area contributed by atoms with Crippen LogP contribution in [0.2, 0.25) is 5.02 Å². The smallest absolute Gasteiger partial charge is 0.340 e. The first kappa shape index (κ1) is 15.7. The maximum atomic E-state index is 12.0. The van der Waals surface area contributed by atoms with Gasteiger partial charge >= 0.3 is 5.97 Å². The molecule has 2 rings (SSSR count). The highest BCUT2D eigenvalue weighted by molar-refractivity contribution is 9.10. The number of nitrogen functional groups attached to an aromatic ring is 1. The molecule has 0 saturated heterocycles. The van der Waals surface area contributed by atoms with Gasteiger partial charge in [0, 0.05) is 15.8 Å². The van der Waals surface area contributed by atoms with Crippen molar-refractivity contribution in [1.82, 2.24) is 0 Å². The van der Waals surface area contributed by atoms with Gasteiger partial charge in [-0.1, -0.05) is 27.5 Å². The van der Waals surface area contributed by atoms with Gasteiger partial charge in [-0.2, -0.15) is 0 Å². The van der Waals surface area contributed by atoms with Crippen LogP contribution in [-0.4, -0.2) is 12.6 Å². The summed E-state index contributed by atoms with van der Waals surface area (Å²) in [7, 11) is 0. The third kappa shape index (κ3) is 3.89. The minimum Gasteiger partial charge on any atom is -0.462 e. The molecular formula is C15H14BrClN2O2. The molecule has 21 heavy (non-hydrogen) atoms. The zero-order chi connectivity index (χ0) is 15.4. The molecule has 0 aliphatic carbocycles. The van der Waals surface area contributed by atoms with E-state index in [0.29, 0.717) is 22.0 Å². The lowest BCUT2D eigenvalue weighted by Crippen LogP contribution is -2.09. The van der Waals surface area contributed by atoms with Crippen LogP contribution in [0.3, 0.4) is 0 Å². The van der Waals surface area contributed by atoms with Crippen LogP contribution in [0, 0.1) is 0 Å². The molecule has 0 aromatic heterocycles.